The van der Waals surface area contributed by atoms with E-state index in [1.165, 1.54) is 0 Å². The molecular weight excluding hydrogens is 284 g/mol. The number of nitrogens with one attached hydrogen (secondary N) is 2. The first kappa shape index (κ1) is 12.6. The standard InChI is InChI=1S/C11H17BrN4O/c1-16-7-9(12)10(15-16)6-13-5-8-3-2-4-14-11(8)17/h7-8,13H,2-6H2,1H3,(H,14,17). The van der Waals surface area contributed by atoms with Crippen LogP contribution < -0.4 is 10.6 Å². The molecule has 2 rings (SSSR count). The van der Waals surface area contributed by atoms with E-state index in [0.29, 0.717) is 6.54 Å². The third kappa shape index (κ3) is 3.29. The van der Waals surface area contributed by atoms with Crippen LogP contribution in [-0.2, 0) is 18.4 Å². The number of carbonyl (C=O) groups is 1. The Bertz CT molecular complexity index is 404. The summed E-state index contributed by atoms with van der Waals surface area (Å²) in [5.41, 5.74) is 0.976. The molecule has 1 saturated heterocycles. The van der Waals surface area contributed by atoms with Crippen LogP contribution in [0.1, 0.15) is 18.5 Å². The number of aromatic nitrogens is 2. The highest BCUT2D eigenvalue weighted by atomic mass is 79.9. The lowest BCUT2D eigenvalue weighted by Crippen LogP contribution is -2.41. The van der Waals surface area contributed by atoms with Crippen molar-refractivity contribution in [1.29, 1.82) is 0 Å². The van der Waals surface area contributed by atoms with Crippen LogP contribution in [0, 0.1) is 5.92 Å². The molecular formula is C11H17BrN4O. The van der Waals surface area contributed by atoms with Crippen molar-refractivity contribution in [2.24, 2.45) is 13.0 Å². The average Bonchev–Trinajstić information content (AvgIpc) is 2.60. The van der Waals surface area contributed by atoms with Gasteiger partial charge in [-0.3, -0.25) is 9.48 Å². The van der Waals surface area contributed by atoms with Crippen molar-refractivity contribution in [2.75, 3.05) is 13.1 Å². The predicted molar refractivity (Wildman–Crippen MR) is 68.3 cm³/mol. The van der Waals surface area contributed by atoms with Gasteiger partial charge in [0.2, 0.25) is 5.91 Å². The molecule has 1 aromatic heterocycles. The Hall–Kier alpha value is -0.880. The second-order valence-electron chi connectivity index (χ2n) is 4.36. The van der Waals surface area contributed by atoms with Gasteiger partial charge in [-0.15, -0.1) is 0 Å². The van der Waals surface area contributed by atoms with Gasteiger partial charge in [0.05, 0.1) is 16.1 Å². The van der Waals surface area contributed by atoms with Gasteiger partial charge in [0, 0.05) is 32.9 Å². The first-order chi connectivity index (χ1) is 8.16. The highest BCUT2D eigenvalue weighted by Crippen LogP contribution is 2.14. The molecule has 2 heterocycles. The number of carbonyl (C=O) groups excluding carboxylic acids is 1. The summed E-state index contributed by atoms with van der Waals surface area (Å²) in [5, 5.41) is 10.5. The molecule has 0 saturated carbocycles. The molecule has 0 aliphatic carbocycles. The largest absolute Gasteiger partial charge is 0.356 e. The molecule has 6 heteroatoms. The van der Waals surface area contributed by atoms with Crippen LogP contribution in [0.5, 0.6) is 0 Å². The Morgan fingerprint density at radius 3 is 3.18 bits per heavy atom. The van der Waals surface area contributed by atoms with E-state index >= 15 is 0 Å². The minimum absolute atomic E-state index is 0.103. The number of hydrogen-bond donors (Lipinski definition) is 2. The van der Waals surface area contributed by atoms with Crippen LogP contribution in [0.2, 0.25) is 0 Å². The maximum absolute atomic E-state index is 11.5. The number of halogens is 1. The minimum atomic E-state index is 0.103. The molecule has 94 valence electrons. The van der Waals surface area contributed by atoms with E-state index in [4.69, 9.17) is 0 Å². The lowest BCUT2D eigenvalue weighted by molar-refractivity contribution is -0.126. The van der Waals surface area contributed by atoms with Gasteiger partial charge in [-0.25, -0.2) is 0 Å². The second kappa shape index (κ2) is 5.64. The maximum Gasteiger partial charge on any atom is 0.224 e. The molecule has 1 unspecified atom stereocenters. The van der Waals surface area contributed by atoms with E-state index in [0.717, 1.165) is 36.1 Å². The molecule has 1 aliphatic heterocycles. The summed E-state index contributed by atoms with van der Waals surface area (Å²) in [6, 6.07) is 0. The summed E-state index contributed by atoms with van der Waals surface area (Å²) in [5.74, 6) is 0.273. The summed E-state index contributed by atoms with van der Waals surface area (Å²) < 4.78 is 2.77. The number of amides is 1. The van der Waals surface area contributed by atoms with E-state index in [-0.39, 0.29) is 11.8 Å². The van der Waals surface area contributed by atoms with Crippen molar-refractivity contribution < 1.29 is 4.79 Å². The molecule has 1 aliphatic rings. The van der Waals surface area contributed by atoms with Gasteiger partial charge in [0.1, 0.15) is 0 Å². The molecule has 1 atom stereocenters. The van der Waals surface area contributed by atoms with Crippen LogP contribution in [0.25, 0.3) is 0 Å². The zero-order chi connectivity index (χ0) is 12.3. The van der Waals surface area contributed by atoms with Gasteiger partial charge in [0.25, 0.3) is 0 Å². The summed E-state index contributed by atoms with van der Waals surface area (Å²) >= 11 is 3.45. The van der Waals surface area contributed by atoms with Gasteiger partial charge >= 0.3 is 0 Å². The third-order valence-electron chi connectivity index (χ3n) is 2.94. The van der Waals surface area contributed by atoms with Crippen LogP contribution in [0.3, 0.4) is 0 Å². The monoisotopic (exact) mass is 300 g/mol. The summed E-state index contributed by atoms with van der Waals surface area (Å²) in [6.07, 6.45) is 3.97. The van der Waals surface area contributed by atoms with Gasteiger partial charge in [-0.2, -0.15) is 5.10 Å². The zero-order valence-corrected chi connectivity index (χ0v) is 11.5. The number of rotatable bonds is 4. The van der Waals surface area contributed by atoms with Crippen molar-refractivity contribution in [3.8, 4) is 0 Å². The first-order valence-electron chi connectivity index (χ1n) is 5.83. The Morgan fingerprint density at radius 1 is 1.71 bits per heavy atom. The fourth-order valence-electron chi connectivity index (χ4n) is 2.02. The van der Waals surface area contributed by atoms with Crippen LogP contribution in [-0.4, -0.2) is 28.8 Å². The van der Waals surface area contributed by atoms with Gasteiger partial charge < -0.3 is 10.6 Å². The van der Waals surface area contributed by atoms with E-state index in [2.05, 4.69) is 31.7 Å². The van der Waals surface area contributed by atoms with Gasteiger partial charge in [0.15, 0.2) is 0 Å². The fraction of sp³-hybridized carbons (Fsp3) is 0.636. The van der Waals surface area contributed by atoms with Crippen molar-refractivity contribution >= 4 is 21.8 Å². The quantitative estimate of drug-likeness (QED) is 0.865. The van der Waals surface area contributed by atoms with Crippen LogP contribution in [0.15, 0.2) is 10.7 Å². The minimum Gasteiger partial charge on any atom is -0.356 e. The number of aryl methyl sites for hydroxylation is 1. The summed E-state index contributed by atoms with van der Waals surface area (Å²) in [6.45, 7) is 2.22. The van der Waals surface area contributed by atoms with Crippen molar-refractivity contribution in [3.05, 3.63) is 16.4 Å². The molecule has 1 amide bonds. The fourth-order valence-corrected chi connectivity index (χ4v) is 2.54. The Labute approximate surface area is 109 Å². The highest BCUT2D eigenvalue weighted by Gasteiger charge is 2.21. The Kier molecular flexibility index (Phi) is 4.17. The molecule has 5 nitrogen and oxygen atoms in total. The van der Waals surface area contributed by atoms with E-state index in [9.17, 15) is 4.79 Å². The first-order valence-corrected chi connectivity index (χ1v) is 6.62. The molecule has 2 N–H and O–H groups in total. The van der Waals surface area contributed by atoms with Gasteiger partial charge in [-0.1, -0.05) is 0 Å². The zero-order valence-electron chi connectivity index (χ0n) is 9.87. The van der Waals surface area contributed by atoms with Crippen LogP contribution >= 0.6 is 15.9 Å². The van der Waals surface area contributed by atoms with E-state index in [1.807, 2.05) is 13.2 Å². The number of nitrogens with zero attached hydrogens (tertiary/aromatic N) is 2. The molecule has 0 aromatic carbocycles. The van der Waals surface area contributed by atoms with Crippen molar-refractivity contribution in [1.82, 2.24) is 20.4 Å². The number of piperidine rings is 1. The molecule has 1 aromatic rings. The van der Waals surface area contributed by atoms with E-state index < -0.39 is 0 Å². The Morgan fingerprint density at radius 2 is 2.53 bits per heavy atom. The topological polar surface area (TPSA) is 59.0 Å². The SMILES string of the molecule is Cn1cc(Br)c(CNCC2CCCNC2=O)n1. The van der Waals surface area contributed by atoms with E-state index in [1.54, 1.807) is 4.68 Å². The molecule has 1 fully saturated rings. The molecule has 0 radical (unpaired) electrons. The van der Waals surface area contributed by atoms with Crippen molar-refractivity contribution in [3.63, 3.8) is 0 Å². The molecule has 0 spiro atoms. The summed E-state index contributed by atoms with van der Waals surface area (Å²) in [7, 11) is 1.89. The third-order valence-corrected chi connectivity index (χ3v) is 3.60. The number of hydrogen-bond acceptors (Lipinski definition) is 3. The predicted octanol–water partition coefficient (Wildman–Crippen LogP) is 0.798. The molecule has 17 heavy (non-hydrogen) atoms. The lowest BCUT2D eigenvalue weighted by Gasteiger charge is -2.21. The van der Waals surface area contributed by atoms with Crippen LogP contribution in [0.4, 0.5) is 0 Å². The molecule has 0 bridgehead atoms. The average molecular weight is 301 g/mol. The maximum atomic E-state index is 11.5. The second-order valence-corrected chi connectivity index (χ2v) is 5.21. The Balaban J connectivity index is 1.79. The smallest absolute Gasteiger partial charge is 0.224 e. The summed E-state index contributed by atoms with van der Waals surface area (Å²) in [4.78, 5) is 11.5. The lowest BCUT2D eigenvalue weighted by atomic mass is 9.99. The van der Waals surface area contributed by atoms with Crippen molar-refractivity contribution in [2.45, 2.75) is 19.4 Å². The van der Waals surface area contributed by atoms with Gasteiger partial charge in [-0.05, 0) is 28.8 Å². The normalized spacial score (nSPS) is 20.4. The highest BCUT2D eigenvalue weighted by molar-refractivity contribution is 9.10.